The fourth-order valence-corrected chi connectivity index (χ4v) is 4.46. The number of carbonyl (C=O) groups is 1. The van der Waals surface area contributed by atoms with E-state index in [0.29, 0.717) is 13.1 Å². The van der Waals surface area contributed by atoms with E-state index in [1.165, 1.54) is 16.7 Å². The summed E-state index contributed by atoms with van der Waals surface area (Å²) in [6, 6.07) is 6.76. The second kappa shape index (κ2) is 9.70. The van der Waals surface area contributed by atoms with E-state index < -0.39 is 0 Å². The second-order valence-electron chi connectivity index (χ2n) is 10.3. The second-order valence-corrected chi connectivity index (χ2v) is 10.3. The number of fused-ring (bicyclic) bond motifs is 1. The number of nitrogens with one attached hydrogen (secondary N) is 1. The lowest BCUT2D eigenvalue weighted by Crippen LogP contribution is -2.50. The van der Waals surface area contributed by atoms with Crippen LogP contribution >= 0.6 is 0 Å². The molecule has 8 heteroatoms. The van der Waals surface area contributed by atoms with Gasteiger partial charge in [0.2, 0.25) is 11.9 Å². The third-order valence-corrected chi connectivity index (χ3v) is 6.60. The van der Waals surface area contributed by atoms with Crippen LogP contribution in [0.3, 0.4) is 0 Å². The summed E-state index contributed by atoms with van der Waals surface area (Å²) in [4.78, 5) is 30.7. The number of amides is 1. The van der Waals surface area contributed by atoms with Gasteiger partial charge in [0.25, 0.3) is 0 Å². The van der Waals surface area contributed by atoms with Crippen molar-refractivity contribution in [1.29, 1.82) is 0 Å². The van der Waals surface area contributed by atoms with Gasteiger partial charge >= 0.3 is 0 Å². The molecule has 1 N–H and O–H groups in total. The Hall–Kier alpha value is -3.00. The molecule has 0 bridgehead atoms. The minimum absolute atomic E-state index is 0.0808. The van der Waals surface area contributed by atoms with Gasteiger partial charge in [0.15, 0.2) is 5.65 Å². The van der Waals surface area contributed by atoms with Crippen molar-refractivity contribution in [2.75, 3.05) is 44.2 Å². The fourth-order valence-electron chi connectivity index (χ4n) is 4.46. The molecule has 34 heavy (non-hydrogen) atoms. The molecule has 1 aliphatic rings. The Morgan fingerprint density at radius 2 is 1.85 bits per heavy atom. The average molecular weight is 464 g/mol. The van der Waals surface area contributed by atoms with Gasteiger partial charge in [0, 0.05) is 46.2 Å². The molecule has 8 nitrogen and oxygen atoms in total. The van der Waals surface area contributed by atoms with Gasteiger partial charge in [0.1, 0.15) is 5.52 Å². The van der Waals surface area contributed by atoms with Gasteiger partial charge < -0.3 is 14.8 Å². The van der Waals surface area contributed by atoms with Crippen molar-refractivity contribution in [3.8, 4) is 0 Å². The average Bonchev–Trinajstić information content (AvgIpc) is 3.16. The molecule has 0 aliphatic carbocycles. The molecule has 0 unspecified atom stereocenters. The lowest BCUT2D eigenvalue weighted by molar-refractivity contribution is -0.122. The maximum absolute atomic E-state index is 11.9. The van der Waals surface area contributed by atoms with E-state index in [1.807, 2.05) is 24.9 Å². The summed E-state index contributed by atoms with van der Waals surface area (Å²) in [5.41, 5.74) is 6.69. The summed E-state index contributed by atoms with van der Waals surface area (Å²) < 4.78 is 2.02. The number of imidazole rings is 1. The Morgan fingerprint density at radius 3 is 2.53 bits per heavy atom. The fraction of sp³-hybridized carbons (Fsp3) is 0.538. The van der Waals surface area contributed by atoms with E-state index >= 15 is 0 Å². The summed E-state index contributed by atoms with van der Waals surface area (Å²) in [6.07, 6.45) is 2.55. The van der Waals surface area contributed by atoms with Crippen molar-refractivity contribution in [2.45, 2.75) is 46.5 Å². The predicted molar refractivity (Wildman–Crippen MR) is 136 cm³/mol. The van der Waals surface area contributed by atoms with Gasteiger partial charge in [-0.25, -0.2) is 9.97 Å². The number of benzene rings is 1. The van der Waals surface area contributed by atoms with Gasteiger partial charge in [-0.15, -0.1) is 0 Å². The van der Waals surface area contributed by atoms with Crippen LogP contribution in [0, 0.1) is 6.92 Å². The van der Waals surface area contributed by atoms with Crippen molar-refractivity contribution in [2.24, 2.45) is 7.05 Å². The summed E-state index contributed by atoms with van der Waals surface area (Å²) in [7, 11) is 2.00. The molecule has 1 amide bonds. The maximum atomic E-state index is 11.9. The topological polar surface area (TPSA) is 79.2 Å². The first-order chi connectivity index (χ1) is 16.2. The molecular formula is C26H37N7O. The zero-order valence-corrected chi connectivity index (χ0v) is 21.4. The van der Waals surface area contributed by atoms with Gasteiger partial charge in [-0.05, 0) is 36.0 Å². The van der Waals surface area contributed by atoms with E-state index in [0.717, 1.165) is 55.4 Å². The molecule has 4 rings (SSSR count). The van der Waals surface area contributed by atoms with E-state index in [2.05, 4.69) is 66.0 Å². The van der Waals surface area contributed by atoms with Crippen molar-refractivity contribution in [3.05, 3.63) is 46.9 Å². The number of piperazine rings is 1. The highest BCUT2D eigenvalue weighted by molar-refractivity contribution is 5.78. The molecule has 3 aromatic rings. The van der Waals surface area contributed by atoms with Crippen LogP contribution in [0.4, 0.5) is 5.95 Å². The Morgan fingerprint density at radius 1 is 1.12 bits per heavy atom. The van der Waals surface area contributed by atoms with Gasteiger partial charge in [-0.2, -0.15) is 4.98 Å². The molecule has 1 aliphatic heterocycles. The number of rotatable bonds is 6. The van der Waals surface area contributed by atoms with Crippen LogP contribution in [0.15, 0.2) is 24.5 Å². The Kier molecular flexibility index (Phi) is 6.89. The van der Waals surface area contributed by atoms with Gasteiger partial charge in [-0.3, -0.25) is 9.69 Å². The Labute approximate surface area is 202 Å². The standard InChI is InChI=1S/C26H37N7O/c1-7-27-22(34)16-32-10-12-33(13-11-32)25-29-21(23-24(30-25)28-17-31(23)6)15-19-14-20(26(3,4)5)9-8-18(19)2/h8-9,14,17H,7,10-13,15-16H2,1-6H3,(H,27,34). The lowest BCUT2D eigenvalue weighted by Gasteiger charge is -2.34. The zero-order valence-electron chi connectivity index (χ0n) is 21.4. The molecule has 0 spiro atoms. The van der Waals surface area contributed by atoms with Crippen molar-refractivity contribution in [3.63, 3.8) is 0 Å². The van der Waals surface area contributed by atoms with E-state index in [-0.39, 0.29) is 11.3 Å². The summed E-state index contributed by atoms with van der Waals surface area (Å²) in [6.45, 7) is 15.1. The monoisotopic (exact) mass is 463 g/mol. The molecule has 1 saturated heterocycles. The molecular weight excluding hydrogens is 426 g/mol. The molecule has 1 aromatic carbocycles. The van der Waals surface area contributed by atoms with Crippen molar-refractivity contribution < 1.29 is 4.79 Å². The summed E-state index contributed by atoms with van der Waals surface area (Å²) >= 11 is 0. The highest BCUT2D eigenvalue weighted by atomic mass is 16.2. The Balaban J connectivity index is 1.60. The highest BCUT2D eigenvalue weighted by Gasteiger charge is 2.23. The molecule has 3 heterocycles. The number of aromatic nitrogens is 4. The SMILES string of the molecule is CCNC(=O)CN1CCN(c2nc(Cc3cc(C(C)(C)C)ccc3C)c3c(ncn3C)n2)CC1. The van der Waals surface area contributed by atoms with E-state index in [9.17, 15) is 4.79 Å². The largest absolute Gasteiger partial charge is 0.355 e. The third kappa shape index (κ3) is 5.22. The number of likely N-dealkylation sites (N-methyl/N-ethyl adjacent to an activating group) is 1. The number of nitrogens with zero attached hydrogens (tertiary/aromatic N) is 6. The van der Waals surface area contributed by atoms with Crippen LogP contribution in [0.25, 0.3) is 11.2 Å². The van der Waals surface area contributed by atoms with Crippen molar-refractivity contribution in [1.82, 2.24) is 29.7 Å². The Bertz CT molecular complexity index is 1170. The quantitative estimate of drug-likeness (QED) is 0.606. The minimum atomic E-state index is 0.0808. The molecule has 1 fully saturated rings. The number of hydrogen-bond acceptors (Lipinski definition) is 6. The van der Waals surface area contributed by atoms with Crippen LogP contribution < -0.4 is 10.2 Å². The number of hydrogen-bond donors (Lipinski definition) is 1. The summed E-state index contributed by atoms with van der Waals surface area (Å²) in [5.74, 6) is 0.806. The van der Waals surface area contributed by atoms with Crippen LogP contribution in [-0.2, 0) is 23.7 Å². The zero-order chi connectivity index (χ0) is 24.5. The molecule has 0 atom stereocenters. The minimum Gasteiger partial charge on any atom is -0.355 e. The lowest BCUT2D eigenvalue weighted by atomic mass is 9.84. The normalized spacial score (nSPS) is 15.2. The molecule has 0 radical (unpaired) electrons. The first kappa shape index (κ1) is 24.1. The van der Waals surface area contributed by atoms with Crippen LogP contribution in [-0.4, -0.2) is 69.6 Å². The van der Waals surface area contributed by atoms with Crippen LogP contribution in [0.2, 0.25) is 0 Å². The molecule has 182 valence electrons. The van der Waals surface area contributed by atoms with Gasteiger partial charge in [0.05, 0.1) is 18.6 Å². The number of aryl methyl sites for hydroxylation is 2. The third-order valence-electron chi connectivity index (χ3n) is 6.60. The van der Waals surface area contributed by atoms with Crippen molar-refractivity contribution >= 4 is 23.0 Å². The first-order valence-electron chi connectivity index (χ1n) is 12.2. The maximum Gasteiger partial charge on any atom is 0.234 e. The molecule has 0 saturated carbocycles. The summed E-state index contributed by atoms with van der Waals surface area (Å²) in [5, 5.41) is 2.88. The smallest absolute Gasteiger partial charge is 0.234 e. The highest BCUT2D eigenvalue weighted by Crippen LogP contribution is 2.27. The van der Waals surface area contributed by atoms with Crippen LogP contribution in [0.5, 0.6) is 0 Å². The van der Waals surface area contributed by atoms with Gasteiger partial charge in [-0.1, -0.05) is 39.0 Å². The van der Waals surface area contributed by atoms with E-state index in [1.54, 1.807) is 0 Å². The van der Waals surface area contributed by atoms with Crippen LogP contribution in [0.1, 0.15) is 50.1 Å². The van der Waals surface area contributed by atoms with E-state index in [4.69, 9.17) is 9.97 Å². The predicted octanol–water partition coefficient (Wildman–Crippen LogP) is 2.82. The molecule has 2 aromatic heterocycles. The first-order valence-corrected chi connectivity index (χ1v) is 12.2. The number of carbonyl (C=O) groups excluding carboxylic acids is 1. The number of anilines is 1.